The van der Waals surface area contributed by atoms with Gasteiger partial charge < -0.3 is 9.84 Å². The third-order valence-electron chi connectivity index (χ3n) is 3.36. The average molecular weight is 415 g/mol. The first kappa shape index (κ1) is 21.3. The van der Waals surface area contributed by atoms with Crippen LogP contribution in [0, 0.1) is 0 Å². The number of aliphatic hydroxyl groups is 1. The summed E-state index contributed by atoms with van der Waals surface area (Å²) >= 11 is 1.27. The average Bonchev–Trinajstić information content (AvgIpc) is 2.99. The van der Waals surface area contributed by atoms with E-state index in [1.807, 2.05) is 4.72 Å². The van der Waals surface area contributed by atoms with Crippen LogP contribution in [0.25, 0.3) is 0 Å². The maximum Gasteiger partial charge on any atom is 0.357 e. The van der Waals surface area contributed by atoms with Crippen LogP contribution < -0.4 is 4.72 Å². The summed E-state index contributed by atoms with van der Waals surface area (Å²) in [5.41, 5.74) is 0.783. The number of hydrogen-bond acceptors (Lipinski definition) is 7. The number of aliphatic hydroxyl groups excluding tert-OH is 1. The molecule has 1 aromatic heterocycles. The number of thiazole rings is 1. The molecular formula is C17H22N2O6S2. The Morgan fingerprint density at radius 3 is 2.41 bits per heavy atom. The van der Waals surface area contributed by atoms with Gasteiger partial charge >= 0.3 is 16.3 Å². The molecule has 27 heavy (non-hydrogen) atoms. The molecule has 0 amide bonds. The Kier molecular flexibility index (Phi) is 6.58. The third-order valence-corrected chi connectivity index (χ3v) is 4.86. The molecule has 148 valence electrons. The molecule has 0 aliphatic heterocycles. The van der Waals surface area contributed by atoms with E-state index in [1.54, 1.807) is 38.3 Å². The molecule has 3 N–H and O–H groups in total. The van der Waals surface area contributed by atoms with Crippen molar-refractivity contribution in [3.63, 3.8) is 0 Å². The lowest BCUT2D eigenvalue weighted by molar-refractivity contribution is -0.156. The number of hydrogen-bond donors (Lipinski definition) is 3. The predicted molar refractivity (Wildman–Crippen MR) is 102 cm³/mol. The van der Waals surface area contributed by atoms with Crippen molar-refractivity contribution in [2.24, 2.45) is 0 Å². The molecule has 2 rings (SSSR count). The summed E-state index contributed by atoms with van der Waals surface area (Å²) in [6.45, 7) is 5.11. The van der Waals surface area contributed by atoms with Crippen LogP contribution in [0.1, 0.15) is 43.0 Å². The molecule has 2 aromatic rings. The lowest BCUT2D eigenvalue weighted by atomic mass is 9.99. The highest BCUT2D eigenvalue weighted by molar-refractivity contribution is 7.87. The van der Waals surface area contributed by atoms with Crippen molar-refractivity contribution in [3.05, 3.63) is 45.9 Å². The molecule has 10 heteroatoms. The fraction of sp³-hybridized carbons (Fsp3) is 0.412. The zero-order valence-corrected chi connectivity index (χ0v) is 16.8. The Balaban J connectivity index is 2.24. The van der Waals surface area contributed by atoms with Crippen LogP contribution in [0.2, 0.25) is 0 Å². The molecule has 0 bridgehead atoms. The van der Waals surface area contributed by atoms with Crippen molar-refractivity contribution >= 4 is 33.3 Å². The molecule has 0 spiro atoms. The Morgan fingerprint density at radius 1 is 1.30 bits per heavy atom. The maximum absolute atomic E-state index is 12.7. The highest BCUT2D eigenvalue weighted by Gasteiger charge is 2.29. The van der Waals surface area contributed by atoms with Crippen LogP contribution in [0.3, 0.4) is 0 Å². The number of aromatic nitrogens is 1. The van der Waals surface area contributed by atoms with Gasteiger partial charge in [0.25, 0.3) is 0 Å². The van der Waals surface area contributed by atoms with Gasteiger partial charge in [-0.1, -0.05) is 12.1 Å². The van der Waals surface area contributed by atoms with Gasteiger partial charge in [0.15, 0.2) is 0 Å². The summed E-state index contributed by atoms with van der Waals surface area (Å²) in [5.74, 6) is -1.09. The fourth-order valence-electron chi connectivity index (χ4n) is 2.29. The zero-order chi connectivity index (χ0) is 20.2. The monoisotopic (exact) mass is 414 g/mol. The maximum atomic E-state index is 12.7. The highest BCUT2D eigenvalue weighted by Crippen LogP contribution is 2.28. The van der Waals surface area contributed by atoms with E-state index in [0.29, 0.717) is 17.1 Å². The quantitative estimate of drug-likeness (QED) is 0.469. The van der Waals surface area contributed by atoms with E-state index in [0.717, 1.165) is 5.56 Å². The number of rotatable bonds is 7. The van der Waals surface area contributed by atoms with E-state index in [9.17, 15) is 18.3 Å². The smallest absolute Gasteiger partial charge is 0.357 e. The Labute approximate surface area is 162 Å². The van der Waals surface area contributed by atoms with Gasteiger partial charge in [0.05, 0.1) is 18.0 Å². The molecule has 0 aliphatic rings. The second-order valence-corrected chi connectivity index (χ2v) is 8.94. The molecule has 0 saturated carbocycles. The SMILES string of the molecule is CC(C)(C)OC(=O)[C@H](Cc1ccc(NS(=O)(=O)O)cc1)c1nc(CO)cs1. The van der Waals surface area contributed by atoms with Crippen LogP contribution in [-0.4, -0.2) is 34.6 Å². The largest absolute Gasteiger partial charge is 0.459 e. The van der Waals surface area contributed by atoms with Gasteiger partial charge in [0, 0.05) is 5.38 Å². The number of anilines is 1. The highest BCUT2D eigenvalue weighted by atomic mass is 32.2. The van der Waals surface area contributed by atoms with E-state index in [2.05, 4.69) is 4.98 Å². The Bertz CT molecular complexity index is 885. The summed E-state index contributed by atoms with van der Waals surface area (Å²) in [7, 11) is -4.35. The number of ether oxygens (including phenoxy) is 1. The van der Waals surface area contributed by atoms with Crippen molar-refractivity contribution in [1.82, 2.24) is 4.98 Å². The first-order chi connectivity index (χ1) is 12.5. The summed E-state index contributed by atoms with van der Waals surface area (Å²) in [6.07, 6.45) is 0.291. The van der Waals surface area contributed by atoms with Gasteiger partial charge in [-0.05, 0) is 44.9 Å². The van der Waals surface area contributed by atoms with Gasteiger partial charge in [-0.2, -0.15) is 8.42 Å². The molecule has 0 radical (unpaired) electrons. The molecule has 0 aliphatic carbocycles. The molecular weight excluding hydrogens is 392 g/mol. The summed E-state index contributed by atoms with van der Waals surface area (Å²) in [5, 5.41) is 11.4. The van der Waals surface area contributed by atoms with E-state index in [-0.39, 0.29) is 12.3 Å². The lowest BCUT2D eigenvalue weighted by Crippen LogP contribution is -2.28. The zero-order valence-electron chi connectivity index (χ0n) is 15.2. The number of nitrogens with one attached hydrogen (secondary N) is 1. The van der Waals surface area contributed by atoms with E-state index >= 15 is 0 Å². The molecule has 8 nitrogen and oxygen atoms in total. The number of esters is 1. The Hall–Kier alpha value is -2.01. The van der Waals surface area contributed by atoms with Crippen LogP contribution in [0.4, 0.5) is 5.69 Å². The molecule has 0 saturated heterocycles. The standard InChI is InChI=1S/C17H22N2O6S2/c1-17(2,3)25-16(21)14(15-18-13(9-20)10-26-15)8-11-4-6-12(7-5-11)19-27(22,23)24/h4-7,10,14,19-20H,8-9H2,1-3H3,(H,22,23,24)/t14-/m1/s1. The van der Waals surface area contributed by atoms with Crippen molar-refractivity contribution in [1.29, 1.82) is 0 Å². The van der Waals surface area contributed by atoms with Crippen LogP contribution in [0.15, 0.2) is 29.6 Å². The van der Waals surface area contributed by atoms with Crippen molar-refractivity contribution in [2.45, 2.75) is 45.3 Å². The lowest BCUT2D eigenvalue weighted by Gasteiger charge is -2.23. The van der Waals surface area contributed by atoms with E-state index in [4.69, 9.17) is 9.29 Å². The number of benzene rings is 1. The minimum atomic E-state index is -4.35. The van der Waals surface area contributed by atoms with Gasteiger partial charge in [-0.15, -0.1) is 11.3 Å². The van der Waals surface area contributed by atoms with Crippen molar-refractivity contribution < 1.29 is 27.6 Å². The normalized spacial score (nSPS) is 13.2. The predicted octanol–water partition coefficient (Wildman–Crippen LogP) is 2.52. The van der Waals surface area contributed by atoms with Gasteiger partial charge in [-0.25, -0.2) is 4.98 Å². The van der Waals surface area contributed by atoms with Gasteiger partial charge in [0.1, 0.15) is 16.5 Å². The molecule has 0 unspecified atom stereocenters. The van der Waals surface area contributed by atoms with Crippen LogP contribution >= 0.6 is 11.3 Å². The number of carbonyl (C=O) groups is 1. The van der Waals surface area contributed by atoms with Crippen LogP contribution in [0.5, 0.6) is 0 Å². The van der Waals surface area contributed by atoms with E-state index < -0.39 is 27.8 Å². The van der Waals surface area contributed by atoms with E-state index in [1.165, 1.54) is 23.5 Å². The molecule has 0 fully saturated rings. The third kappa shape index (κ3) is 6.90. The van der Waals surface area contributed by atoms with Crippen molar-refractivity contribution in [3.8, 4) is 0 Å². The summed E-state index contributed by atoms with van der Waals surface area (Å²) in [6, 6.07) is 6.25. The van der Waals surface area contributed by atoms with Gasteiger partial charge in [-0.3, -0.25) is 14.1 Å². The molecule has 1 atom stereocenters. The minimum Gasteiger partial charge on any atom is -0.459 e. The number of nitrogens with zero attached hydrogens (tertiary/aromatic N) is 1. The summed E-state index contributed by atoms with van der Waals surface area (Å²) < 4.78 is 38.0. The van der Waals surface area contributed by atoms with Crippen LogP contribution in [-0.2, 0) is 32.9 Å². The molecule has 1 heterocycles. The first-order valence-corrected chi connectivity index (χ1v) is 10.4. The van der Waals surface area contributed by atoms with Gasteiger partial charge in [0.2, 0.25) is 0 Å². The topological polar surface area (TPSA) is 126 Å². The number of carbonyl (C=O) groups excluding carboxylic acids is 1. The second-order valence-electron chi connectivity index (χ2n) is 6.90. The fourth-order valence-corrected chi connectivity index (χ4v) is 3.62. The Morgan fingerprint density at radius 2 is 1.93 bits per heavy atom. The van der Waals surface area contributed by atoms with Crippen molar-refractivity contribution in [2.75, 3.05) is 4.72 Å². The minimum absolute atomic E-state index is 0.201. The second kappa shape index (κ2) is 8.34. The molecule has 1 aromatic carbocycles. The summed E-state index contributed by atoms with van der Waals surface area (Å²) in [4.78, 5) is 17.0. The first-order valence-electron chi connectivity index (χ1n) is 8.09.